The van der Waals surface area contributed by atoms with E-state index in [-0.39, 0.29) is 7.43 Å². The largest absolute Gasteiger partial charge is 0.503 e. The van der Waals surface area contributed by atoms with Crippen molar-refractivity contribution in [3.05, 3.63) is 0 Å². The minimum Gasteiger partial charge on any atom is -0.450 e. The first-order chi connectivity index (χ1) is 4.88. The fourth-order valence-corrected chi connectivity index (χ4v) is 0. The Bertz CT molecular complexity index is 129. The van der Waals surface area contributed by atoms with E-state index in [4.69, 9.17) is 35.3 Å². The van der Waals surface area contributed by atoms with Crippen LogP contribution in [0.5, 0.6) is 0 Å². The number of hydrogen-bond donors (Lipinski definition) is 4. The van der Waals surface area contributed by atoms with Crippen LogP contribution in [0.2, 0.25) is 0 Å². The molecule has 12 heavy (non-hydrogen) atoms. The SMILES string of the molecule is C.CC#N.O=C(O)O.O=C(O)O. The lowest BCUT2D eigenvalue weighted by Crippen LogP contribution is -1.81. The first-order valence-corrected chi connectivity index (χ1v) is 2.03. The van der Waals surface area contributed by atoms with E-state index in [9.17, 15) is 0 Å². The molecule has 0 atom stereocenters. The normalized spacial score (nSPS) is 4.67. The Kier molecular flexibility index (Phi) is 43.1. The van der Waals surface area contributed by atoms with Crippen LogP contribution in [-0.4, -0.2) is 32.7 Å². The molecule has 0 spiro atoms. The highest BCUT2D eigenvalue weighted by atomic mass is 16.6. The van der Waals surface area contributed by atoms with Crippen molar-refractivity contribution < 1.29 is 30.0 Å². The zero-order chi connectivity index (χ0) is 9.86. The molecule has 0 heterocycles. The average Bonchev–Trinajstić information content (AvgIpc) is 1.60. The second kappa shape index (κ2) is 23.0. The second-order valence-electron chi connectivity index (χ2n) is 0.789. The van der Waals surface area contributed by atoms with Gasteiger partial charge in [-0.05, 0) is 0 Å². The molecule has 0 saturated heterocycles. The molecule has 0 amide bonds. The average molecular weight is 181 g/mol. The monoisotopic (exact) mass is 181 g/mol. The lowest BCUT2D eigenvalue weighted by Gasteiger charge is -1.60. The van der Waals surface area contributed by atoms with Gasteiger partial charge in [0.25, 0.3) is 0 Å². The van der Waals surface area contributed by atoms with Gasteiger partial charge in [-0.1, -0.05) is 7.43 Å². The third-order valence-corrected chi connectivity index (χ3v) is 0. The van der Waals surface area contributed by atoms with E-state index in [0.717, 1.165) is 0 Å². The third kappa shape index (κ3) is 102. The standard InChI is InChI=1S/C2H3N.2CH2O3.CH4/c1-2-3;2*2-1(3)4;/h1H3;2*(H2,2,3,4);1H4. The van der Waals surface area contributed by atoms with Crippen molar-refractivity contribution in [1.29, 1.82) is 5.26 Å². The van der Waals surface area contributed by atoms with E-state index in [2.05, 4.69) is 0 Å². The summed E-state index contributed by atoms with van der Waals surface area (Å²) in [5.74, 6) is 0. The maximum absolute atomic E-state index is 8.56. The predicted molar refractivity (Wildman–Crippen MR) is 39.3 cm³/mol. The number of carboxylic acid groups (broad SMARTS) is 4. The van der Waals surface area contributed by atoms with Crippen molar-refractivity contribution in [3.63, 3.8) is 0 Å². The molecule has 0 aliphatic rings. The Morgan fingerprint density at radius 2 is 1.08 bits per heavy atom. The molecule has 0 aromatic rings. The van der Waals surface area contributed by atoms with E-state index in [1.165, 1.54) is 6.92 Å². The molecule has 7 heteroatoms. The van der Waals surface area contributed by atoms with Gasteiger partial charge < -0.3 is 20.4 Å². The van der Waals surface area contributed by atoms with Gasteiger partial charge >= 0.3 is 12.3 Å². The van der Waals surface area contributed by atoms with E-state index in [1.54, 1.807) is 6.07 Å². The van der Waals surface area contributed by atoms with Crippen LogP contribution in [0.3, 0.4) is 0 Å². The highest BCUT2D eigenvalue weighted by molar-refractivity contribution is 5.53. The smallest absolute Gasteiger partial charge is 0.450 e. The molecule has 4 N–H and O–H groups in total. The van der Waals surface area contributed by atoms with Crippen molar-refractivity contribution in [2.24, 2.45) is 0 Å². The molecule has 0 bridgehead atoms. The van der Waals surface area contributed by atoms with Gasteiger partial charge in [0.1, 0.15) is 0 Å². The molecule has 0 aliphatic carbocycles. The van der Waals surface area contributed by atoms with Crippen molar-refractivity contribution in [1.82, 2.24) is 0 Å². The topological polar surface area (TPSA) is 139 Å². The molecule has 0 radical (unpaired) electrons. The summed E-state index contributed by atoms with van der Waals surface area (Å²) in [6.07, 6.45) is -3.67. The lowest BCUT2D eigenvalue weighted by atomic mass is 11.0. The predicted octanol–water partition coefficient (Wildman–Crippen LogP) is 1.61. The number of nitrogens with zero attached hydrogens (tertiary/aromatic N) is 1. The quantitative estimate of drug-likeness (QED) is 0.445. The minimum absolute atomic E-state index is 0. The van der Waals surface area contributed by atoms with Crippen molar-refractivity contribution in [3.8, 4) is 6.07 Å². The van der Waals surface area contributed by atoms with Gasteiger partial charge in [-0.3, -0.25) is 0 Å². The van der Waals surface area contributed by atoms with Gasteiger partial charge in [-0.25, -0.2) is 9.59 Å². The Morgan fingerprint density at radius 3 is 1.08 bits per heavy atom. The fraction of sp³-hybridized carbons (Fsp3) is 0.400. The summed E-state index contributed by atoms with van der Waals surface area (Å²) in [4.78, 5) is 17.1. The van der Waals surface area contributed by atoms with Crippen molar-refractivity contribution in [2.45, 2.75) is 14.4 Å². The van der Waals surface area contributed by atoms with Crippen LogP contribution < -0.4 is 0 Å². The minimum atomic E-state index is -1.83. The van der Waals surface area contributed by atoms with Gasteiger partial charge in [0, 0.05) is 6.92 Å². The Hall–Kier alpha value is -1.97. The van der Waals surface area contributed by atoms with E-state index in [1.807, 2.05) is 0 Å². The summed E-state index contributed by atoms with van der Waals surface area (Å²) >= 11 is 0. The number of nitriles is 1. The summed E-state index contributed by atoms with van der Waals surface area (Å²) < 4.78 is 0. The van der Waals surface area contributed by atoms with E-state index < -0.39 is 12.3 Å². The molecule has 0 fully saturated rings. The van der Waals surface area contributed by atoms with Crippen LogP contribution in [-0.2, 0) is 0 Å². The summed E-state index contributed by atoms with van der Waals surface area (Å²) in [7, 11) is 0. The summed E-state index contributed by atoms with van der Waals surface area (Å²) in [5.41, 5.74) is 0. The van der Waals surface area contributed by atoms with Crippen molar-refractivity contribution in [2.75, 3.05) is 0 Å². The molecular formula is C5H11NO6. The van der Waals surface area contributed by atoms with Crippen LogP contribution in [0.4, 0.5) is 9.59 Å². The van der Waals surface area contributed by atoms with Gasteiger partial charge in [-0.2, -0.15) is 5.26 Å². The highest BCUT2D eigenvalue weighted by Crippen LogP contribution is 1.43. The van der Waals surface area contributed by atoms with Gasteiger partial charge in [0.2, 0.25) is 0 Å². The van der Waals surface area contributed by atoms with Crippen LogP contribution >= 0.6 is 0 Å². The molecular weight excluding hydrogens is 170 g/mol. The van der Waals surface area contributed by atoms with Crippen LogP contribution in [0, 0.1) is 11.3 Å². The van der Waals surface area contributed by atoms with E-state index >= 15 is 0 Å². The molecule has 0 saturated carbocycles. The number of hydrogen-bond acceptors (Lipinski definition) is 3. The number of carbonyl (C=O) groups is 2. The second-order valence-corrected chi connectivity index (χ2v) is 0.789. The first kappa shape index (κ1) is 22.5. The molecule has 72 valence electrons. The fourth-order valence-electron chi connectivity index (χ4n) is 0. The van der Waals surface area contributed by atoms with Crippen LogP contribution in [0.1, 0.15) is 14.4 Å². The maximum atomic E-state index is 8.56. The number of rotatable bonds is 0. The summed E-state index contributed by atoms with van der Waals surface area (Å²) in [6, 6.07) is 1.75. The zero-order valence-electron chi connectivity index (χ0n) is 5.55. The lowest BCUT2D eigenvalue weighted by molar-refractivity contribution is 0.135. The maximum Gasteiger partial charge on any atom is 0.503 e. The first-order valence-electron chi connectivity index (χ1n) is 2.03. The van der Waals surface area contributed by atoms with Crippen molar-refractivity contribution >= 4 is 12.3 Å². The van der Waals surface area contributed by atoms with E-state index in [0.29, 0.717) is 0 Å². The van der Waals surface area contributed by atoms with Gasteiger partial charge in [0.05, 0.1) is 6.07 Å². The van der Waals surface area contributed by atoms with Crippen LogP contribution in [0.15, 0.2) is 0 Å². The van der Waals surface area contributed by atoms with Crippen LogP contribution in [0.25, 0.3) is 0 Å². The molecule has 0 rings (SSSR count). The Labute approximate surface area is 69.1 Å². The molecule has 0 aromatic heterocycles. The van der Waals surface area contributed by atoms with Gasteiger partial charge in [-0.15, -0.1) is 0 Å². The molecule has 0 aliphatic heterocycles. The summed E-state index contributed by atoms with van der Waals surface area (Å²) in [6.45, 7) is 1.43. The zero-order valence-corrected chi connectivity index (χ0v) is 5.55. The van der Waals surface area contributed by atoms with Gasteiger partial charge in [0.15, 0.2) is 0 Å². The Morgan fingerprint density at radius 1 is 1.08 bits per heavy atom. The highest BCUT2D eigenvalue weighted by Gasteiger charge is 1.70. The third-order valence-electron chi connectivity index (χ3n) is 0. The molecule has 7 nitrogen and oxygen atoms in total. The molecule has 0 unspecified atom stereocenters. The summed E-state index contributed by atoms with van der Waals surface area (Å²) in [5, 5.41) is 35.2. The molecule has 0 aromatic carbocycles. The Balaban J connectivity index is -0.0000000389.